The molecule has 88 valence electrons. The number of aryl methyl sites for hydroxylation is 1. The van der Waals surface area contributed by atoms with Crippen LogP contribution in [0.25, 0.3) is 0 Å². The smallest absolute Gasteiger partial charge is 0.0716 e. The van der Waals surface area contributed by atoms with Crippen LogP contribution < -0.4 is 0 Å². The first-order chi connectivity index (χ1) is 7.76. The first-order valence-electron chi connectivity index (χ1n) is 5.51. The van der Waals surface area contributed by atoms with Crippen molar-refractivity contribution in [2.24, 2.45) is 5.92 Å². The van der Waals surface area contributed by atoms with Crippen LogP contribution in [0.15, 0.2) is 24.3 Å². The average Bonchev–Trinajstić information content (AvgIpc) is 2.29. The molecule has 1 atom stereocenters. The van der Waals surface area contributed by atoms with Gasteiger partial charge in [0.25, 0.3) is 0 Å². The maximum Gasteiger partial charge on any atom is 0.0716 e. The third-order valence-corrected chi connectivity index (χ3v) is 2.45. The fourth-order valence-electron chi connectivity index (χ4n) is 1.45. The van der Waals surface area contributed by atoms with E-state index < -0.39 is 0 Å². The average molecular weight is 221 g/mol. The Morgan fingerprint density at radius 3 is 2.94 bits per heavy atom. The highest BCUT2D eigenvalue weighted by Gasteiger charge is 2.02. The summed E-state index contributed by atoms with van der Waals surface area (Å²) < 4.78 is 5.49. The van der Waals surface area contributed by atoms with Gasteiger partial charge in [-0.25, -0.2) is 0 Å². The van der Waals surface area contributed by atoms with Crippen LogP contribution in [0.1, 0.15) is 17.5 Å². The summed E-state index contributed by atoms with van der Waals surface area (Å²) in [7, 11) is 0. The van der Waals surface area contributed by atoms with Gasteiger partial charge in [-0.3, -0.25) is 0 Å². The summed E-state index contributed by atoms with van der Waals surface area (Å²) in [6.45, 7) is 3.25. The molecule has 16 heavy (non-hydrogen) atoms. The molecule has 0 saturated heterocycles. The Labute approximate surface area is 96.6 Å². The van der Waals surface area contributed by atoms with Crippen LogP contribution in [0.5, 0.6) is 0 Å². The largest absolute Gasteiger partial charge is 0.396 e. The monoisotopic (exact) mass is 221 g/mol. The highest BCUT2D eigenvalue weighted by atomic mass is 16.5. The molecule has 3 heteroatoms. The first kappa shape index (κ1) is 12.9. The lowest BCUT2D eigenvalue weighted by Crippen LogP contribution is -2.10. The lowest BCUT2D eigenvalue weighted by molar-refractivity contribution is 0.106. The molecule has 3 nitrogen and oxygen atoms in total. The van der Waals surface area contributed by atoms with Gasteiger partial charge < -0.3 is 15.3 Å². The highest BCUT2D eigenvalue weighted by Crippen LogP contribution is 2.06. The van der Waals surface area contributed by atoms with Gasteiger partial charge in [0.05, 0.1) is 13.2 Å². The van der Waals surface area contributed by atoms with Crippen molar-refractivity contribution in [1.82, 2.24) is 0 Å². The quantitative estimate of drug-likeness (QED) is 0.547. The van der Waals surface area contributed by atoms with Crippen molar-refractivity contribution in [1.29, 1.82) is 5.41 Å². The van der Waals surface area contributed by atoms with Crippen LogP contribution in [0.4, 0.5) is 0 Å². The number of benzene rings is 1. The Balaban J connectivity index is 2.23. The number of ether oxygens (including phenoxy) is 1. The zero-order valence-electron chi connectivity index (χ0n) is 9.65. The maximum atomic E-state index is 8.87. The normalized spacial score (nSPS) is 12.4. The van der Waals surface area contributed by atoms with Gasteiger partial charge in [0, 0.05) is 18.7 Å². The second-order valence-corrected chi connectivity index (χ2v) is 3.94. The SMILES string of the molecule is Cc1cccc(COCCC(C=N)CO)c1. The molecule has 0 saturated carbocycles. The Morgan fingerprint density at radius 2 is 2.31 bits per heavy atom. The van der Waals surface area contributed by atoms with Crippen LogP contribution in [-0.2, 0) is 11.3 Å². The standard InChI is InChI=1S/C13H19NO2/c1-11-3-2-4-12(7-11)10-16-6-5-13(8-14)9-15/h2-4,7-8,13-15H,5-6,9-10H2,1H3. The van der Waals surface area contributed by atoms with Gasteiger partial charge >= 0.3 is 0 Å². The number of aliphatic hydroxyl groups excluding tert-OH is 1. The van der Waals surface area contributed by atoms with Crippen molar-refractivity contribution in [2.45, 2.75) is 20.0 Å². The third-order valence-electron chi connectivity index (χ3n) is 2.45. The number of hydrogen-bond acceptors (Lipinski definition) is 3. The fourth-order valence-corrected chi connectivity index (χ4v) is 1.45. The number of hydrogen-bond donors (Lipinski definition) is 2. The van der Waals surface area contributed by atoms with Crippen molar-refractivity contribution >= 4 is 6.21 Å². The van der Waals surface area contributed by atoms with Crippen molar-refractivity contribution in [3.8, 4) is 0 Å². The molecular formula is C13H19NO2. The molecule has 0 radical (unpaired) electrons. The molecule has 0 aliphatic heterocycles. The van der Waals surface area contributed by atoms with Crippen LogP contribution in [0.2, 0.25) is 0 Å². The molecule has 0 aliphatic carbocycles. The van der Waals surface area contributed by atoms with Gasteiger partial charge in [-0.2, -0.15) is 0 Å². The Kier molecular flexibility index (Phi) is 5.75. The second-order valence-electron chi connectivity index (χ2n) is 3.94. The molecule has 1 rings (SSSR count). The zero-order chi connectivity index (χ0) is 11.8. The molecule has 2 N–H and O–H groups in total. The van der Waals surface area contributed by atoms with Crippen molar-refractivity contribution in [3.63, 3.8) is 0 Å². The first-order valence-corrected chi connectivity index (χ1v) is 5.51. The topological polar surface area (TPSA) is 53.3 Å². The van der Waals surface area contributed by atoms with E-state index in [0.29, 0.717) is 19.6 Å². The van der Waals surface area contributed by atoms with Gasteiger partial charge in [0.2, 0.25) is 0 Å². The lowest BCUT2D eigenvalue weighted by atomic mass is 10.1. The molecule has 1 aromatic rings. The summed E-state index contributed by atoms with van der Waals surface area (Å²) in [6.07, 6.45) is 1.97. The van der Waals surface area contributed by atoms with E-state index in [2.05, 4.69) is 19.1 Å². The summed E-state index contributed by atoms with van der Waals surface area (Å²) in [6, 6.07) is 8.20. The molecule has 0 aromatic heterocycles. The molecule has 0 heterocycles. The van der Waals surface area contributed by atoms with Crippen molar-refractivity contribution in [2.75, 3.05) is 13.2 Å². The Bertz CT molecular complexity index is 325. The third kappa shape index (κ3) is 4.55. The molecule has 1 aromatic carbocycles. The molecule has 0 bridgehead atoms. The van der Waals surface area contributed by atoms with E-state index >= 15 is 0 Å². The lowest BCUT2D eigenvalue weighted by Gasteiger charge is -2.08. The summed E-state index contributed by atoms with van der Waals surface area (Å²) in [5, 5.41) is 15.9. The Hall–Kier alpha value is -1.19. The second kappa shape index (κ2) is 7.14. The van der Waals surface area contributed by atoms with Gasteiger partial charge in [-0.1, -0.05) is 29.8 Å². The van der Waals surface area contributed by atoms with Crippen LogP contribution in [0.3, 0.4) is 0 Å². The molecule has 0 amide bonds. The van der Waals surface area contributed by atoms with Crippen LogP contribution in [0, 0.1) is 18.3 Å². The summed E-state index contributed by atoms with van der Waals surface area (Å²) >= 11 is 0. The van der Waals surface area contributed by atoms with E-state index in [1.54, 1.807) is 0 Å². The number of nitrogens with one attached hydrogen (secondary N) is 1. The number of aliphatic hydroxyl groups is 1. The van der Waals surface area contributed by atoms with Crippen LogP contribution in [-0.4, -0.2) is 24.5 Å². The van der Waals surface area contributed by atoms with E-state index in [0.717, 1.165) is 5.56 Å². The van der Waals surface area contributed by atoms with Gasteiger partial charge in [0.15, 0.2) is 0 Å². The van der Waals surface area contributed by atoms with E-state index in [9.17, 15) is 0 Å². The Morgan fingerprint density at radius 1 is 1.50 bits per heavy atom. The summed E-state index contributed by atoms with van der Waals surface area (Å²) in [5.41, 5.74) is 2.39. The highest BCUT2D eigenvalue weighted by molar-refractivity contribution is 5.56. The summed E-state index contributed by atoms with van der Waals surface area (Å²) in [5.74, 6) is -0.0718. The minimum absolute atomic E-state index is 0.0251. The molecule has 1 unspecified atom stereocenters. The van der Waals surface area contributed by atoms with E-state index in [4.69, 9.17) is 15.3 Å². The molecule has 0 spiro atoms. The molecular weight excluding hydrogens is 202 g/mol. The van der Waals surface area contributed by atoms with E-state index in [1.165, 1.54) is 11.8 Å². The van der Waals surface area contributed by atoms with Gasteiger partial charge in [0.1, 0.15) is 0 Å². The molecule has 0 fully saturated rings. The van der Waals surface area contributed by atoms with Crippen LogP contribution >= 0.6 is 0 Å². The fraction of sp³-hybridized carbons (Fsp3) is 0.462. The van der Waals surface area contributed by atoms with Crippen molar-refractivity contribution in [3.05, 3.63) is 35.4 Å². The van der Waals surface area contributed by atoms with Gasteiger partial charge in [-0.05, 0) is 18.9 Å². The van der Waals surface area contributed by atoms with Crippen molar-refractivity contribution < 1.29 is 9.84 Å². The minimum atomic E-state index is -0.0718. The summed E-state index contributed by atoms with van der Waals surface area (Å²) in [4.78, 5) is 0. The predicted octanol–water partition coefficient (Wildman–Crippen LogP) is 2.16. The predicted molar refractivity (Wildman–Crippen MR) is 64.8 cm³/mol. The molecule has 0 aliphatic rings. The van der Waals surface area contributed by atoms with E-state index in [1.807, 2.05) is 12.1 Å². The van der Waals surface area contributed by atoms with E-state index in [-0.39, 0.29) is 12.5 Å². The number of rotatable bonds is 7. The zero-order valence-corrected chi connectivity index (χ0v) is 9.65. The van der Waals surface area contributed by atoms with Gasteiger partial charge in [-0.15, -0.1) is 0 Å². The minimum Gasteiger partial charge on any atom is -0.396 e. The maximum absolute atomic E-state index is 8.87.